The minimum absolute atomic E-state index is 0.116. The van der Waals surface area contributed by atoms with Gasteiger partial charge in [0, 0.05) is 13.1 Å². The first-order valence-corrected chi connectivity index (χ1v) is 6.83. The molecule has 2 atom stereocenters. The van der Waals surface area contributed by atoms with Gasteiger partial charge in [-0.2, -0.15) is 0 Å². The predicted octanol–water partition coefficient (Wildman–Crippen LogP) is 1.26. The molecule has 1 N–H and O–H groups in total. The third-order valence-electron chi connectivity index (χ3n) is 3.41. The van der Waals surface area contributed by atoms with Gasteiger partial charge in [0.15, 0.2) is 0 Å². The van der Waals surface area contributed by atoms with Gasteiger partial charge in [0.1, 0.15) is 6.04 Å². The molecule has 4 heteroatoms. The van der Waals surface area contributed by atoms with Gasteiger partial charge in [-0.25, -0.2) is 0 Å². The fourth-order valence-corrected chi connectivity index (χ4v) is 2.38. The predicted molar refractivity (Wildman–Crippen MR) is 68.9 cm³/mol. The molecule has 0 radical (unpaired) electrons. The number of carbonyl (C=O) groups is 1. The largest absolute Gasteiger partial charge is 0.465 e. The quantitative estimate of drug-likeness (QED) is 0.682. The van der Waals surface area contributed by atoms with Gasteiger partial charge in [-0.05, 0) is 32.4 Å². The lowest BCUT2D eigenvalue weighted by atomic mass is 10.1. The number of likely N-dealkylation sites (N-methyl/N-ethyl adjacent to an activating group) is 1. The van der Waals surface area contributed by atoms with E-state index in [2.05, 4.69) is 17.1 Å². The van der Waals surface area contributed by atoms with E-state index in [4.69, 9.17) is 4.74 Å². The molecule has 0 aliphatic carbocycles. The second-order valence-corrected chi connectivity index (χ2v) is 4.68. The molecule has 0 aromatic heterocycles. The summed E-state index contributed by atoms with van der Waals surface area (Å²) in [5.41, 5.74) is 0. The molecule has 2 unspecified atom stereocenters. The molecule has 4 nitrogen and oxygen atoms in total. The molecule has 0 amide bonds. The van der Waals surface area contributed by atoms with E-state index >= 15 is 0 Å². The van der Waals surface area contributed by atoms with Crippen molar-refractivity contribution in [3.63, 3.8) is 0 Å². The molecule has 1 heterocycles. The van der Waals surface area contributed by atoms with E-state index in [-0.39, 0.29) is 12.0 Å². The molecule has 1 fully saturated rings. The molecule has 0 aromatic carbocycles. The van der Waals surface area contributed by atoms with Crippen LogP contribution in [0, 0.1) is 5.92 Å². The van der Waals surface area contributed by atoms with Crippen molar-refractivity contribution >= 4 is 5.97 Å². The minimum Gasteiger partial charge on any atom is -0.465 e. The van der Waals surface area contributed by atoms with Crippen LogP contribution in [0.1, 0.15) is 33.6 Å². The van der Waals surface area contributed by atoms with Crippen molar-refractivity contribution in [3.8, 4) is 0 Å². The third kappa shape index (κ3) is 4.64. The van der Waals surface area contributed by atoms with Gasteiger partial charge in [0.2, 0.25) is 0 Å². The van der Waals surface area contributed by atoms with E-state index < -0.39 is 0 Å². The summed E-state index contributed by atoms with van der Waals surface area (Å²) >= 11 is 0. The molecule has 1 saturated heterocycles. The van der Waals surface area contributed by atoms with E-state index in [1.165, 1.54) is 12.8 Å². The first-order chi connectivity index (χ1) is 8.21. The summed E-state index contributed by atoms with van der Waals surface area (Å²) in [7, 11) is 0. The first-order valence-electron chi connectivity index (χ1n) is 6.83. The Kier molecular flexibility index (Phi) is 6.52. The van der Waals surface area contributed by atoms with Crippen molar-refractivity contribution in [2.45, 2.75) is 39.7 Å². The van der Waals surface area contributed by atoms with Gasteiger partial charge >= 0.3 is 5.97 Å². The van der Waals surface area contributed by atoms with Crippen LogP contribution in [0.15, 0.2) is 0 Å². The number of nitrogens with one attached hydrogen (secondary N) is 1. The van der Waals surface area contributed by atoms with Gasteiger partial charge in [-0.3, -0.25) is 4.79 Å². The molecule has 0 spiro atoms. The number of carbonyl (C=O) groups excluding carboxylic acids is 1. The second kappa shape index (κ2) is 7.67. The van der Waals surface area contributed by atoms with Crippen molar-refractivity contribution in [1.29, 1.82) is 0 Å². The van der Waals surface area contributed by atoms with Crippen LogP contribution in [0.5, 0.6) is 0 Å². The Morgan fingerprint density at radius 1 is 1.47 bits per heavy atom. The Hall–Kier alpha value is -0.610. The molecule has 17 heavy (non-hydrogen) atoms. The van der Waals surface area contributed by atoms with Crippen LogP contribution in [0.25, 0.3) is 0 Å². The standard InChI is InChI=1S/C13H26N2O2/c1-4-11-7-8-15(9-11)10-12(14-5-2)13(16)17-6-3/h11-12,14H,4-10H2,1-3H3. The molecule has 1 aliphatic rings. The zero-order valence-corrected chi connectivity index (χ0v) is 11.4. The smallest absolute Gasteiger partial charge is 0.324 e. The Bertz CT molecular complexity index is 233. The van der Waals surface area contributed by atoms with Gasteiger partial charge in [-0.15, -0.1) is 0 Å². The Morgan fingerprint density at radius 2 is 2.24 bits per heavy atom. The van der Waals surface area contributed by atoms with E-state index in [0.29, 0.717) is 6.61 Å². The zero-order valence-electron chi connectivity index (χ0n) is 11.4. The minimum atomic E-state index is -0.171. The van der Waals surface area contributed by atoms with Crippen molar-refractivity contribution in [1.82, 2.24) is 10.2 Å². The SMILES string of the molecule is CCNC(CN1CCC(CC)C1)C(=O)OCC. The third-order valence-corrected chi connectivity index (χ3v) is 3.41. The van der Waals surface area contributed by atoms with E-state index in [0.717, 1.165) is 32.1 Å². The van der Waals surface area contributed by atoms with Gasteiger partial charge in [0.25, 0.3) is 0 Å². The van der Waals surface area contributed by atoms with Crippen LogP contribution >= 0.6 is 0 Å². The van der Waals surface area contributed by atoms with Crippen molar-refractivity contribution in [2.24, 2.45) is 5.92 Å². The van der Waals surface area contributed by atoms with Crippen LogP contribution in [-0.4, -0.2) is 49.7 Å². The maximum absolute atomic E-state index is 11.8. The van der Waals surface area contributed by atoms with Crippen LogP contribution < -0.4 is 5.32 Å². The number of hydrogen-bond acceptors (Lipinski definition) is 4. The van der Waals surface area contributed by atoms with E-state index in [9.17, 15) is 4.79 Å². The first kappa shape index (κ1) is 14.5. The van der Waals surface area contributed by atoms with Crippen molar-refractivity contribution in [3.05, 3.63) is 0 Å². The summed E-state index contributed by atoms with van der Waals surface area (Å²) in [6.45, 7) is 10.4. The summed E-state index contributed by atoms with van der Waals surface area (Å²) in [6.07, 6.45) is 2.50. The van der Waals surface area contributed by atoms with Gasteiger partial charge in [0.05, 0.1) is 6.61 Å². The summed E-state index contributed by atoms with van der Waals surface area (Å²) in [4.78, 5) is 14.1. The van der Waals surface area contributed by atoms with E-state index in [1.807, 2.05) is 13.8 Å². The Morgan fingerprint density at radius 3 is 2.76 bits per heavy atom. The topological polar surface area (TPSA) is 41.6 Å². The molecule has 1 rings (SSSR count). The highest BCUT2D eigenvalue weighted by Gasteiger charge is 2.26. The number of rotatable bonds is 7. The maximum Gasteiger partial charge on any atom is 0.324 e. The van der Waals surface area contributed by atoms with Gasteiger partial charge in [-0.1, -0.05) is 20.3 Å². The van der Waals surface area contributed by atoms with Gasteiger partial charge < -0.3 is 15.0 Å². The lowest BCUT2D eigenvalue weighted by Gasteiger charge is -2.23. The number of ether oxygens (including phenoxy) is 1. The molecular weight excluding hydrogens is 216 g/mol. The summed E-state index contributed by atoms with van der Waals surface area (Å²) < 4.78 is 5.09. The highest BCUT2D eigenvalue weighted by molar-refractivity contribution is 5.76. The van der Waals surface area contributed by atoms with Crippen LogP contribution in [-0.2, 0) is 9.53 Å². The van der Waals surface area contributed by atoms with Crippen molar-refractivity contribution in [2.75, 3.05) is 32.8 Å². The fourth-order valence-electron chi connectivity index (χ4n) is 2.38. The highest BCUT2D eigenvalue weighted by Crippen LogP contribution is 2.19. The lowest BCUT2D eigenvalue weighted by Crippen LogP contribution is -2.46. The lowest BCUT2D eigenvalue weighted by molar-refractivity contribution is -0.146. The van der Waals surface area contributed by atoms with Crippen LogP contribution in [0.2, 0.25) is 0 Å². The highest BCUT2D eigenvalue weighted by atomic mass is 16.5. The Labute approximate surface area is 105 Å². The molecule has 0 aromatic rings. The fraction of sp³-hybridized carbons (Fsp3) is 0.923. The molecular formula is C13H26N2O2. The molecule has 1 aliphatic heterocycles. The maximum atomic E-state index is 11.8. The summed E-state index contributed by atoms with van der Waals surface area (Å²) in [5, 5.41) is 3.21. The van der Waals surface area contributed by atoms with Crippen molar-refractivity contribution < 1.29 is 9.53 Å². The number of esters is 1. The normalized spacial score (nSPS) is 22.6. The van der Waals surface area contributed by atoms with E-state index in [1.54, 1.807) is 0 Å². The molecule has 100 valence electrons. The zero-order chi connectivity index (χ0) is 12.7. The molecule has 0 bridgehead atoms. The second-order valence-electron chi connectivity index (χ2n) is 4.68. The number of likely N-dealkylation sites (tertiary alicyclic amines) is 1. The average molecular weight is 242 g/mol. The molecule has 0 saturated carbocycles. The van der Waals surface area contributed by atoms with Crippen LogP contribution in [0.3, 0.4) is 0 Å². The monoisotopic (exact) mass is 242 g/mol. The number of nitrogens with zero attached hydrogens (tertiary/aromatic N) is 1. The number of hydrogen-bond donors (Lipinski definition) is 1. The Balaban J connectivity index is 2.41. The average Bonchev–Trinajstić information content (AvgIpc) is 2.76. The van der Waals surface area contributed by atoms with Crippen LogP contribution in [0.4, 0.5) is 0 Å². The summed E-state index contributed by atoms with van der Waals surface area (Å²) in [6, 6.07) is -0.171. The summed E-state index contributed by atoms with van der Waals surface area (Å²) in [5.74, 6) is 0.689.